The van der Waals surface area contributed by atoms with Gasteiger partial charge in [0.25, 0.3) is 11.8 Å². The van der Waals surface area contributed by atoms with E-state index in [0.29, 0.717) is 32.5 Å². The fraction of sp³-hybridized carbons (Fsp3) is 0.0333. The number of thioether (sulfide) groups is 1. The molecule has 0 aromatic heterocycles. The minimum Gasteiger partial charge on any atom is -0.324 e. The van der Waals surface area contributed by atoms with Gasteiger partial charge < -0.3 is 16.0 Å². The number of hydrogen-bond donors (Lipinski definition) is 3. The quantitative estimate of drug-likeness (QED) is 0.133. The molecule has 0 heterocycles. The van der Waals surface area contributed by atoms with Crippen LogP contribution in [-0.2, 0) is 9.59 Å². The van der Waals surface area contributed by atoms with Crippen LogP contribution in [0, 0.1) is 0 Å². The summed E-state index contributed by atoms with van der Waals surface area (Å²) >= 11 is 19.4. The van der Waals surface area contributed by atoms with Gasteiger partial charge in [0.15, 0.2) is 0 Å². The van der Waals surface area contributed by atoms with Gasteiger partial charge in [0.2, 0.25) is 5.91 Å². The number of anilines is 2. The van der Waals surface area contributed by atoms with Crippen molar-refractivity contribution in [1.29, 1.82) is 0 Å². The number of hydrogen-bond acceptors (Lipinski definition) is 4. The lowest BCUT2D eigenvalue weighted by Gasteiger charge is -2.12. The minimum absolute atomic E-state index is 0.0482. The van der Waals surface area contributed by atoms with E-state index in [-0.39, 0.29) is 22.4 Å². The Balaban J connectivity index is 1.45. The molecule has 0 bridgehead atoms. The van der Waals surface area contributed by atoms with Crippen molar-refractivity contribution in [2.45, 2.75) is 4.90 Å². The molecule has 40 heavy (non-hydrogen) atoms. The van der Waals surface area contributed by atoms with Crippen molar-refractivity contribution < 1.29 is 14.4 Å². The summed E-state index contributed by atoms with van der Waals surface area (Å²) < 4.78 is 0. The normalized spacial score (nSPS) is 11.0. The second kappa shape index (κ2) is 14.1. The molecule has 3 amide bonds. The van der Waals surface area contributed by atoms with E-state index in [9.17, 15) is 14.4 Å². The summed E-state index contributed by atoms with van der Waals surface area (Å²) in [6.45, 7) is 0. The Hall–Kier alpha value is -3.75. The zero-order valence-corrected chi connectivity index (χ0v) is 23.9. The molecule has 4 aromatic carbocycles. The van der Waals surface area contributed by atoms with Crippen molar-refractivity contribution in [3.05, 3.63) is 129 Å². The van der Waals surface area contributed by atoms with Crippen LogP contribution in [0.5, 0.6) is 0 Å². The molecule has 3 N–H and O–H groups in total. The van der Waals surface area contributed by atoms with E-state index in [1.54, 1.807) is 97.1 Å². The van der Waals surface area contributed by atoms with E-state index < -0.39 is 11.8 Å². The van der Waals surface area contributed by atoms with Crippen LogP contribution in [0.4, 0.5) is 11.4 Å². The summed E-state index contributed by atoms with van der Waals surface area (Å²) in [6.07, 6.45) is 1.57. The van der Waals surface area contributed by atoms with Crippen LogP contribution in [0.1, 0.15) is 15.9 Å². The number of nitrogens with one attached hydrogen (secondary N) is 3. The SMILES string of the molecule is O=C(CSc1cccc(NC(=O)/C(=C\c2ccc(Cl)cc2)NC(=O)c2ccccc2)c1)Nc1cccc(Cl)c1Cl. The number of amides is 3. The van der Waals surface area contributed by atoms with E-state index in [2.05, 4.69) is 16.0 Å². The van der Waals surface area contributed by atoms with Gasteiger partial charge in [0.05, 0.1) is 21.5 Å². The van der Waals surface area contributed by atoms with E-state index in [4.69, 9.17) is 34.8 Å². The molecule has 0 saturated carbocycles. The maximum absolute atomic E-state index is 13.3. The van der Waals surface area contributed by atoms with E-state index in [0.717, 1.165) is 4.90 Å². The highest BCUT2D eigenvalue weighted by Crippen LogP contribution is 2.30. The fourth-order valence-electron chi connectivity index (χ4n) is 3.47. The first kappa shape index (κ1) is 29.2. The summed E-state index contributed by atoms with van der Waals surface area (Å²) in [7, 11) is 0. The van der Waals surface area contributed by atoms with Crippen LogP contribution in [0.15, 0.2) is 108 Å². The summed E-state index contributed by atoms with van der Waals surface area (Å²) in [5.74, 6) is -1.10. The van der Waals surface area contributed by atoms with Crippen LogP contribution >= 0.6 is 46.6 Å². The first-order valence-corrected chi connectivity index (χ1v) is 14.0. The molecule has 6 nitrogen and oxygen atoms in total. The Bertz CT molecular complexity index is 1560. The molecule has 0 aliphatic carbocycles. The van der Waals surface area contributed by atoms with Gasteiger partial charge in [-0.05, 0) is 66.2 Å². The first-order valence-electron chi connectivity index (χ1n) is 11.9. The van der Waals surface area contributed by atoms with Gasteiger partial charge in [0.1, 0.15) is 5.70 Å². The van der Waals surface area contributed by atoms with E-state index in [1.807, 2.05) is 6.07 Å². The number of rotatable bonds is 9. The number of carbonyl (C=O) groups excluding carboxylic acids is 3. The standard InChI is InChI=1S/C30H22Cl3N3O3S/c31-21-14-12-19(13-15-21)16-26(36-29(38)20-6-2-1-3-7-20)30(39)34-22-8-4-9-23(17-22)40-18-27(37)35-25-11-5-10-24(32)28(25)33/h1-17H,18H2,(H,34,39)(H,35,37)(H,36,38)/b26-16+. The predicted octanol–water partition coefficient (Wildman–Crippen LogP) is 7.79. The Labute approximate surface area is 250 Å². The number of halogens is 3. The Morgan fingerprint density at radius 2 is 1.50 bits per heavy atom. The van der Waals surface area contributed by atoms with Crippen LogP contribution in [-0.4, -0.2) is 23.5 Å². The second-order valence-electron chi connectivity index (χ2n) is 8.35. The third-order valence-electron chi connectivity index (χ3n) is 5.40. The zero-order valence-electron chi connectivity index (χ0n) is 20.8. The molecule has 0 atom stereocenters. The van der Waals surface area contributed by atoms with Crippen molar-refractivity contribution in [2.24, 2.45) is 0 Å². The molecule has 4 aromatic rings. The molecule has 0 aliphatic heterocycles. The smallest absolute Gasteiger partial charge is 0.272 e. The first-order chi connectivity index (χ1) is 19.3. The molecule has 0 aliphatic rings. The molecular weight excluding hydrogens is 589 g/mol. The van der Waals surface area contributed by atoms with Gasteiger partial charge in [-0.2, -0.15) is 0 Å². The molecule has 202 valence electrons. The Morgan fingerprint density at radius 1 is 0.775 bits per heavy atom. The molecular formula is C30H22Cl3N3O3S. The molecule has 0 unspecified atom stereocenters. The molecule has 0 spiro atoms. The molecule has 0 radical (unpaired) electrons. The van der Waals surface area contributed by atoms with Gasteiger partial charge in [-0.1, -0.05) is 77.3 Å². The summed E-state index contributed by atoms with van der Waals surface area (Å²) in [5, 5.41) is 9.43. The lowest BCUT2D eigenvalue weighted by Crippen LogP contribution is -2.30. The summed E-state index contributed by atoms with van der Waals surface area (Å²) in [6, 6.07) is 27.5. The summed E-state index contributed by atoms with van der Waals surface area (Å²) in [5.41, 5.74) is 2.06. The average molecular weight is 611 g/mol. The fourth-order valence-corrected chi connectivity index (χ4v) is 4.69. The van der Waals surface area contributed by atoms with E-state index >= 15 is 0 Å². The Kier molecular flexibility index (Phi) is 10.3. The van der Waals surface area contributed by atoms with Crippen molar-refractivity contribution in [3.8, 4) is 0 Å². The Morgan fingerprint density at radius 3 is 2.25 bits per heavy atom. The van der Waals surface area contributed by atoms with Crippen LogP contribution in [0.3, 0.4) is 0 Å². The van der Waals surface area contributed by atoms with Crippen molar-refractivity contribution in [2.75, 3.05) is 16.4 Å². The van der Waals surface area contributed by atoms with Crippen molar-refractivity contribution in [3.63, 3.8) is 0 Å². The van der Waals surface area contributed by atoms with Gasteiger partial charge in [-0.25, -0.2) is 0 Å². The highest BCUT2D eigenvalue weighted by molar-refractivity contribution is 8.00. The molecule has 10 heteroatoms. The van der Waals surface area contributed by atoms with Gasteiger partial charge in [-0.3, -0.25) is 14.4 Å². The average Bonchev–Trinajstić information content (AvgIpc) is 2.96. The van der Waals surface area contributed by atoms with Crippen molar-refractivity contribution in [1.82, 2.24) is 5.32 Å². The third-order valence-corrected chi connectivity index (χ3v) is 7.46. The van der Waals surface area contributed by atoms with E-state index in [1.165, 1.54) is 11.8 Å². The lowest BCUT2D eigenvalue weighted by atomic mass is 10.1. The number of benzene rings is 4. The monoisotopic (exact) mass is 609 g/mol. The second-order valence-corrected chi connectivity index (χ2v) is 10.6. The zero-order chi connectivity index (χ0) is 28.5. The maximum atomic E-state index is 13.3. The predicted molar refractivity (Wildman–Crippen MR) is 164 cm³/mol. The topological polar surface area (TPSA) is 87.3 Å². The molecule has 0 fully saturated rings. The minimum atomic E-state index is -0.519. The van der Waals surface area contributed by atoms with Gasteiger partial charge in [0, 0.05) is 21.2 Å². The van der Waals surface area contributed by atoms with Gasteiger partial charge >= 0.3 is 0 Å². The van der Waals surface area contributed by atoms with Crippen LogP contribution in [0.2, 0.25) is 15.1 Å². The largest absolute Gasteiger partial charge is 0.324 e. The van der Waals surface area contributed by atoms with Crippen molar-refractivity contribution >= 4 is 81.7 Å². The van der Waals surface area contributed by atoms with Gasteiger partial charge in [-0.15, -0.1) is 11.8 Å². The lowest BCUT2D eigenvalue weighted by molar-refractivity contribution is -0.114. The highest BCUT2D eigenvalue weighted by Gasteiger charge is 2.16. The summed E-state index contributed by atoms with van der Waals surface area (Å²) in [4.78, 5) is 39.3. The number of carbonyl (C=O) groups is 3. The highest BCUT2D eigenvalue weighted by atomic mass is 35.5. The third kappa shape index (κ3) is 8.37. The molecule has 4 rings (SSSR count). The maximum Gasteiger partial charge on any atom is 0.272 e. The van der Waals surface area contributed by atoms with Crippen LogP contribution in [0.25, 0.3) is 6.08 Å². The van der Waals surface area contributed by atoms with Crippen LogP contribution < -0.4 is 16.0 Å². The molecule has 0 saturated heterocycles.